The predicted octanol–water partition coefficient (Wildman–Crippen LogP) is 2.22. The number of nitrogens with two attached hydrogens (primary N) is 1. The second-order valence-electron chi connectivity index (χ2n) is 11.4. The standard InChI is InChI=1S/C30H33N3O7/c1-32(2)13-14-6-5-7-15(8-14)18-12-20(33(3)4)19-10-16-9-17-11-21(34)24(29(31)39)28(38)30(17,40)27(37)22(16)26(36)23(19)25(18)35/h5-8,12,16-17,35-36,38,40H,9-11,13H2,1-4H3,(H2,31,39)/t16-,17+,30+/m1/s1. The number of aliphatic hydroxyl groups excluding tert-OH is 2. The summed E-state index contributed by atoms with van der Waals surface area (Å²) in [5, 5.41) is 45.4. The molecule has 0 aliphatic heterocycles. The molecular formula is C30H33N3O7. The number of aliphatic hydroxyl groups is 3. The topological polar surface area (TPSA) is 165 Å². The van der Waals surface area contributed by atoms with Gasteiger partial charge >= 0.3 is 0 Å². The van der Waals surface area contributed by atoms with Gasteiger partial charge in [-0.3, -0.25) is 14.4 Å². The quantitative estimate of drug-likeness (QED) is 0.353. The van der Waals surface area contributed by atoms with Crippen molar-refractivity contribution >= 4 is 28.9 Å². The fourth-order valence-corrected chi connectivity index (χ4v) is 6.49. The number of hydrogen-bond donors (Lipinski definition) is 5. The van der Waals surface area contributed by atoms with E-state index in [0.29, 0.717) is 23.2 Å². The zero-order valence-electron chi connectivity index (χ0n) is 22.9. The summed E-state index contributed by atoms with van der Waals surface area (Å²) in [6.45, 7) is 0.679. The molecule has 3 atom stereocenters. The number of anilines is 1. The van der Waals surface area contributed by atoms with Crippen LogP contribution in [-0.2, 0) is 27.3 Å². The molecular weight excluding hydrogens is 514 g/mol. The van der Waals surface area contributed by atoms with E-state index in [2.05, 4.69) is 0 Å². The Labute approximate surface area is 231 Å². The molecule has 0 spiro atoms. The fourth-order valence-electron chi connectivity index (χ4n) is 6.49. The lowest BCUT2D eigenvalue weighted by Gasteiger charge is -2.46. The summed E-state index contributed by atoms with van der Waals surface area (Å²) < 4.78 is 0. The van der Waals surface area contributed by atoms with E-state index in [-0.39, 0.29) is 36.1 Å². The van der Waals surface area contributed by atoms with Crippen molar-refractivity contribution in [1.29, 1.82) is 0 Å². The Morgan fingerprint density at radius 2 is 1.77 bits per heavy atom. The van der Waals surface area contributed by atoms with Crippen molar-refractivity contribution in [2.75, 3.05) is 33.1 Å². The number of ketones is 2. The molecule has 10 heteroatoms. The SMILES string of the molecule is CN(C)Cc1cccc(-c2cc(N(C)C)c3c(c2O)C(O)=C2C(=O)[C@]4(O)C(O)=C(C(N)=O)C(=O)C[C@@H]4C[C@@H]2C3)c1. The van der Waals surface area contributed by atoms with Crippen LogP contribution in [-0.4, -0.2) is 76.6 Å². The van der Waals surface area contributed by atoms with E-state index in [9.17, 15) is 34.8 Å². The van der Waals surface area contributed by atoms with Gasteiger partial charge in [0.05, 0.1) is 5.56 Å². The molecule has 0 radical (unpaired) electrons. The van der Waals surface area contributed by atoms with Gasteiger partial charge in [0.1, 0.15) is 22.8 Å². The number of nitrogens with zero attached hydrogens (tertiary/aromatic N) is 2. The summed E-state index contributed by atoms with van der Waals surface area (Å²) in [6.07, 6.45) is -0.0166. The first-order chi connectivity index (χ1) is 18.8. The van der Waals surface area contributed by atoms with E-state index < -0.39 is 52.0 Å². The first-order valence-electron chi connectivity index (χ1n) is 13.0. The molecule has 1 fully saturated rings. The van der Waals surface area contributed by atoms with Gasteiger partial charge in [0.15, 0.2) is 11.4 Å². The number of primary amides is 1. The Bertz CT molecular complexity index is 1540. The van der Waals surface area contributed by atoms with E-state index in [4.69, 9.17) is 5.73 Å². The zero-order chi connectivity index (χ0) is 29.3. The maximum absolute atomic E-state index is 13.8. The zero-order valence-corrected chi connectivity index (χ0v) is 22.9. The largest absolute Gasteiger partial charge is 0.508 e. The van der Waals surface area contributed by atoms with Crippen LogP contribution < -0.4 is 10.6 Å². The lowest BCUT2D eigenvalue weighted by molar-refractivity contribution is -0.147. The van der Waals surface area contributed by atoms with Crippen LogP contribution in [0, 0.1) is 11.8 Å². The van der Waals surface area contributed by atoms with Gasteiger partial charge in [-0.25, -0.2) is 0 Å². The van der Waals surface area contributed by atoms with Gasteiger partial charge in [0, 0.05) is 49.8 Å². The minimum atomic E-state index is -2.59. The van der Waals surface area contributed by atoms with Crippen molar-refractivity contribution in [1.82, 2.24) is 4.90 Å². The molecule has 2 aromatic carbocycles. The number of phenols is 1. The highest BCUT2D eigenvalue weighted by Gasteiger charge is 2.60. The van der Waals surface area contributed by atoms with E-state index in [1.807, 2.05) is 68.3 Å². The molecule has 210 valence electrons. The number of phenolic OH excluding ortho intramolecular Hbond substituents is 1. The first kappa shape index (κ1) is 27.4. The maximum Gasteiger partial charge on any atom is 0.255 e. The molecule has 0 heterocycles. The summed E-state index contributed by atoms with van der Waals surface area (Å²) in [4.78, 5) is 42.2. The monoisotopic (exact) mass is 547 g/mol. The van der Waals surface area contributed by atoms with E-state index in [0.717, 1.165) is 11.3 Å². The summed E-state index contributed by atoms with van der Waals surface area (Å²) in [6, 6.07) is 9.50. The highest BCUT2D eigenvalue weighted by atomic mass is 16.3. The molecule has 1 amide bonds. The van der Waals surface area contributed by atoms with Crippen molar-refractivity contribution < 1.29 is 34.8 Å². The highest BCUT2D eigenvalue weighted by Crippen LogP contribution is 2.54. The number of rotatable bonds is 5. The van der Waals surface area contributed by atoms with Gasteiger partial charge in [-0.05, 0) is 61.7 Å². The van der Waals surface area contributed by atoms with Gasteiger partial charge in [-0.1, -0.05) is 18.2 Å². The number of carbonyl (C=O) groups is 3. The third kappa shape index (κ3) is 3.98. The van der Waals surface area contributed by atoms with E-state index in [1.165, 1.54) is 0 Å². The highest BCUT2D eigenvalue weighted by molar-refractivity contribution is 6.22. The molecule has 6 N–H and O–H groups in total. The molecule has 0 saturated heterocycles. The van der Waals surface area contributed by atoms with Crippen molar-refractivity contribution in [2.45, 2.75) is 31.4 Å². The molecule has 2 aromatic rings. The number of Topliss-reactive ketones (excluding diaryl/α,β-unsaturated/α-hetero) is 2. The van der Waals surface area contributed by atoms with Crippen molar-refractivity contribution in [2.24, 2.45) is 17.6 Å². The second-order valence-corrected chi connectivity index (χ2v) is 11.4. The summed E-state index contributed by atoms with van der Waals surface area (Å²) in [7, 11) is 7.59. The van der Waals surface area contributed by atoms with Gasteiger partial charge in [0.2, 0.25) is 5.78 Å². The molecule has 0 unspecified atom stereocenters. The summed E-state index contributed by atoms with van der Waals surface area (Å²) in [5.41, 5.74) is 5.34. The van der Waals surface area contributed by atoms with Crippen LogP contribution in [0.3, 0.4) is 0 Å². The van der Waals surface area contributed by atoms with Gasteiger partial charge in [-0.15, -0.1) is 0 Å². The van der Waals surface area contributed by atoms with E-state index in [1.54, 1.807) is 0 Å². The molecule has 10 nitrogen and oxygen atoms in total. The number of fused-ring (bicyclic) bond motifs is 3. The molecule has 40 heavy (non-hydrogen) atoms. The fraction of sp³-hybridized carbons (Fsp3) is 0.367. The maximum atomic E-state index is 13.8. The van der Waals surface area contributed by atoms with Crippen molar-refractivity contribution in [3.05, 3.63) is 63.9 Å². The predicted molar refractivity (Wildman–Crippen MR) is 149 cm³/mol. The number of hydrogen-bond acceptors (Lipinski definition) is 9. The number of carbonyl (C=O) groups excluding carboxylic acids is 3. The van der Waals surface area contributed by atoms with Crippen LogP contribution in [0.5, 0.6) is 5.75 Å². The molecule has 5 rings (SSSR count). The average molecular weight is 548 g/mol. The molecule has 3 aliphatic carbocycles. The third-order valence-electron chi connectivity index (χ3n) is 8.26. The van der Waals surface area contributed by atoms with E-state index >= 15 is 0 Å². The molecule has 0 aromatic heterocycles. The van der Waals surface area contributed by atoms with Crippen LogP contribution in [0.25, 0.3) is 16.9 Å². The van der Waals surface area contributed by atoms with Crippen LogP contribution in [0.4, 0.5) is 5.69 Å². The molecule has 3 aliphatic rings. The Kier molecular flexibility index (Phi) is 6.51. The Morgan fingerprint density at radius 1 is 1.07 bits per heavy atom. The Hall–Kier alpha value is -4.15. The number of amides is 1. The average Bonchev–Trinajstić information content (AvgIpc) is 2.85. The summed E-state index contributed by atoms with van der Waals surface area (Å²) >= 11 is 0. The first-order valence-corrected chi connectivity index (χ1v) is 13.0. The lowest BCUT2D eigenvalue weighted by Crippen LogP contribution is -2.58. The minimum Gasteiger partial charge on any atom is -0.508 e. The Morgan fingerprint density at radius 3 is 2.40 bits per heavy atom. The van der Waals surface area contributed by atoms with Crippen LogP contribution in [0.15, 0.2) is 47.2 Å². The van der Waals surface area contributed by atoms with Crippen molar-refractivity contribution in [3.8, 4) is 16.9 Å². The minimum absolute atomic E-state index is 0.0753. The number of aromatic hydroxyl groups is 1. The lowest BCUT2D eigenvalue weighted by atomic mass is 9.59. The van der Waals surface area contributed by atoms with Crippen molar-refractivity contribution in [3.63, 3.8) is 0 Å². The molecule has 0 bridgehead atoms. The van der Waals surface area contributed by atoms with Gasteiger partial charge < -0.3 is 36.0 Å². The van der Waals surface area contributed by atoms with Crippen LogP contribution in [0.1, 0.15) is 29.5 Å². The second kappa shape index (κ2) is 9.50. The van der Waals surface area contributed by atoms with Gasteiger partial charge in [-0.2, -0.15) is 0 Å². The van der Waals surface area contributed by atoms with Crippen LogP contribution in [0.2, 0.25) is 0 Å². The summed E-state index contributed by atoms with van der Waals surface area (Å²) in [5.74, 6) is -6.39. The Balaban J connectivity index is 1.72. The smallest absolute Gasteiger partial charge is 0.255 e. The van der Waals surface area contributed by atoms with Crippen LogP contribution >= 0.6 is 0 Å². The van der Waals surface area contributed by atoms with Gasteiger partial charge in [0.25, 0.3) is 5.91 Å². The third-order valence-corrected chi connectivity index (χ3v) is 8.26. The number of benzene rings is 2. The normalized spacial score (nSPS) is 24.1. The molecule has 1 saturated carbocycles.